The molecule has 1 atom stereocenters. The molecule has 1 rings (SSSR count). The molecule has 18 heavy (non-hydrogen) atoms. The zero-order chi connectivity index (χ0) is 14.2. The summed E-state index contributed by atoms with van der Waals surface area (Å²) in [4.78, 5) is 0. The van der Waals surface area contributed by atoms with Crippen molar-refractivity contribution < 1.29 is 17.7 Å². The molecule has 0 radical (unpaired) electrons. The van der Waals surface area contributed by atoms with Gasteiger partial charge in [-0.05, 0) is 32.8 Å². The zero-order valence-electron chi connectivity index (χ0n) is 11.4. The average molecular weight is 274 g/mol. The fourth-order valence-electron chi connectivity index (χ4n) is 1.39. The number of aliphatic hydroxyl groups excluding tert-OH is 1. The van der Waals surface area contributed by atoms with E-state index >= 15 is 0 Å². The van der Waals surface area contributed by atoms with Crippen LogP contribution in [-0.2, 0) is 20.7 Å². The van der Waals surface area contributed by atoms with E-state index in [1.54, 1.807) is 13.8 Å². The Balaban J connectivity index is 0.000000873. The van der Waals surface area contributed by atoms with Gasteiger partial charge in [-0.25, -0.2) is 0 Å². The first-order valence-corrected chi connectivity index (χ1v) is 7.64. The molecule has 0 saturated carbocycles. The highest BCUT2D eigenvalue weighted by Crippen LogP contribution is 2.09. The number of hydrogen-bond acceptors (Lipinski definition) is 4. The van der Waals surface area contributed by atoms with Gasteiger partial charge in [0, 0.05) is 6.61 Å². The predicted molar refractivity (Wildman–Crippen MR) is 73.0 cm³/mol. The topological polar surface area (TPSA) is 63.6 Å². The Morgan fingerprint density at radius 3 is 2.11 bits per heavy atom. The molecule has 0 aliphatic heterocycles. The number of aryl methyl sites for hydroxylation is 1. The van der Waals surface area contributed by atoms with E-state index in [0.717, 1.165) is 11.8 Å². The van der Waals surface area contributed by atoms with Gasteiger partial charge in [0.2, 0.25) is 0 Å². The first-order valence-electron chi connectivity index (χ1n) is 5.83. The van der Waals surface area contributed by atoms with Crippen molar-refractivity contribution >= 4 is 10.1 Å². The van der Waals surface area contributed by atoms with Gasteiger partial charge in [-0.1, -0.05) is 29.8 Å². The molecule has 0 saturated heterocycles. The minimum absolute atomic E-state index is 0.250. The quantitative estimate of drug-likeness (QED) is 0.852. The van der Waals surface area contributed by atoms with Crippen molar-refractivity contribution in [3.8, 4) is 0 Å². The van der Waals surface area contributed by atoms with Gasteiger partial charge in [-0.2, -0.15) is 8.42 Å². The third kappa shape index (κ3) is 9.15. The summed E-state index contributed by atoms with van der Waals surface area (Å²) in [5.41, 5.74) is 2.27. The third-order valence-corrected chi connectivity index (χ3v) is 2.66. The average Bonchev–Trinajstić information content (AvgIpc) is 2.20. The van der Waals surface area contributed by atoms with Crippen LogP contribution in [0.25, 0.3) is 0 Å². The Labute approximate surface area is 110 Å². The normalized spacial score (nSPS) is 12.5. The van der Waals surface area contributed by atoms with Crippen LogP contribution in [-0.4, -0.2) is 32.5 Å². The van der Waals surface area contributed by atoms with Gasteiger partial charge in [0.1, 0.15) is 0 Å². The van der Waals surface area contributed by atoms with Crippen molar-refractivity contribution in [3.63, 3.8) is 0 Å². The molecule has 0 fully saturated rings. The fourth-order valence-corrected chi connectivity index (χ4v) is 2.05. The maximum atomic E-state index is 10.9. The van der Waals surface area contributed by atoms with Crippen LogP contribution in [0.5, 0.6) is 0 Å². The van der Waals surface area contributed by atoms with Gasteiger partial charge in [-0.15, -0.1) is 0 Å². The maximum Gasteiger partial charge on any atom is 0.264 e. The van der Waals surface area contributed by atoms with E-state index < -0.39 is 10.1 Å². The molecule has 1 aromatic rings. The number of benzene rings is 1. The summed E-state index contributed by atoms with van der Waals surface area (Å²) in [7, 11) is -3.35. The molecule has 0 aliphatic carbocycles. The first kappa shape index (κ1) is 17.1. The Kier molecular flexibility index (Phi) is 7.82. The monoisotopic (exact) mass is 274 g/mol. The summed E-state index contributed by atoms with van der Waals surface area (Å²) < 4.78 is 26.6. The van der Waals surface area contributed by atoms with Crippen LogP contribution in [0.3, 0.4) is 0 Å². The summed E-state index contributed by atoms with van der Waals surface area (Å²) in [5.74, 6) is 0. The third-order valence-electron chi connectivity index (χ3n) is 1.98. The second-order valence-electron chi connectivity index (χ2n) is 4.12. The van der Waals surface area contributed by atoms with Crippen molar-refractivity contribution in [1.82, 2.24) is 0 Å². The minimum Gasteiger partial charge on any atom is -0.397 e. The number of rotatable bonds is 4. The van der Waals surface area contributed by atoms with Gasteiger partial charge in [0.15, 0.2) is 0 Å². The summed E-state index contributed by atoms with van der Waals surface area (Å²) >= 11 is 0. The van der Waals surface area contributed by atoms with E-state index in [-0.39, 0.29) is 12.7 Å². The largest absolute Gasteiger partial charge is 0.397 e. The van der Waals surface area contributed by atoms with E-state index in [2.05, 4.69) is 0 Å². The molecule has 1 unspecified atom stereocenters. The lowest BCUT2D eigenvalue weighted by Crippen LogP contribution is -2.16. The molecule has 1 N–H and O–H groups in total. The maximum absolute atomic E-state index is 10.9. The predicted octanol–water partition coefficient (Wildman–Crippen LogP) is 1.90. The Morgan fingerprint density at radius 1 is 1.28 bits per heavy atom. The summed E-state index contributed by atoms with van der Waals surface area (Å²) in [6, 6.07) is 7.97. The molecule has 5 heteroatoms. The van der Waals surface area contributed by atoms with Crippen molar-refractivity contribution in [2.45, 2.75) is 33.3 Å². The number of hydrogen-bond donors (Lipinski definition) is 1. The highest BCUT2D eigenvalue weighted by Gasteiger charge is 2.10. The van der Waals surface area contributed by atoms with Crippen LogP contribution in [0.1, 0.15) is 25.0 Å². The van der Waals surface area contributed by atoms with Crippen molar-refractivity contribution in [2.75, 3.05) is 12.9 Å². The first-order chi connectivity index (χ1) is 8.28. The van der Waals surface area contributed by atoms with Gasteiger partial charge < -0.3 is 5.11 Å². The van der Waals surface area contributed by atoms with E-state index in [9.17, 15) is 8.42 Å². The number of aliphatic hydroxyl groups is 1. The lowest BCUT2D eigenvalue weighted by Gasteiger charge is -2.10. The van der Waals surface area contributed by atoms with Crippen LogP contribution < -0.4 is 0 Å². The fraction of sp³-hybridized carbons (Fsp3) is 0.538. The molecule has 0 spiro atoms. The molecule has 0 heterocycles. The van der Waals surface area contributed by atoms with Crippen LogP contribution >= 0.6 is 0 Å². The molecule has 1 aromatic carbocycles. The Bertz CT molecular complexity index is 423. The summed E-state index contributed by atoms with van der Waals surface area (Å²) in [5, 5.41) is 7.57. The molecular formula is C13H22O4S. The smallest absolute Gasteiger partial charge is 0.264 e. The molecule has 4 nitrogen and oxygen atoms in total. The second kappa shape index (κ2) is 8.24. The van der Waals surface area contributed by atoms with Gasteiger partial charge in [0.05, 0.1) is 12.4 Å². The van der Waals surface area contributed by atoms with Crippen LogP contribution in [0.15, 0.2) is 24.3 Å². The summed E-state index contributed by atoms with van der Waals surface area (Å²) in [6.07, 6.45) is 1.36. The summed E-state index contributed by atoms with van der Waals surface area (Å²) in [6.45, 7) is 5.70. The van der Waals surface area contributed by atoms with Crippen LogP contribution in [0.2, 0.25) is 0 Å². The molecule has 0 aromatic heterocycles. The molecule has 0 bridgehead atoms. The van der Waals surface area contributed by atoms with Gasteiger partial charge in [0.25, 0.3) is 10.1 Å². The lowest BCUT2D eigenvalue weighted by molar-refractivity contribution is 0.232. The molecule has 104 valence electrons. The zero-order valence-corrected chi connectivity index (χ0v) is 12.2. The van der Waals surface area contributed by atoms with E-state index in [1.807, 2.05) is 31.2 Å². The van der Waals surface area contributed by atoms with Crippen LogP contribution in [0.4, 0.5) is 0 Å². The van der Waals surface area contributed by atoms with Gasteiger partial charge in [-0.3, -0.25) is 4.18 Å². The molecular weight excluding hydrogens is 252 g/mol. The van der Waals surface area contributed by atoms with Crippen LogP contribution in [0, 0.1) is 6.92 Å². The molecule has 0 amide bonds. The van der Waals surface area contributed by atoms with Crippen molar-refractivity contribution in [3.05, 3.63) is 35.4 Å². The van der Waals surface area contributed by atoms with E-state index in [1.165, 1.54) is 5.56 Å². The lowest BCUT2D eigenvalue weighted by atomic mass is 10.1. The Hall–Kier alpha value is -0.910. The molecule has 0 aliphatic rings. The highest BCUT2D eigenvalue weighted by atomic mass is 32.2. The van der Waals surface area contributed by atoms with E-state index in [0.29, 0.717) is 6.42 Å². The highest BCUT2D eigenvalue weighted by molar-refractivity contribution is 7.86. The van der Waals surface area contributed by atoms with E-state index in [4.69, 9.17) is 9.29 Å². The SMILES string of the molecule is CCO.Cc1ccc(CC(C)OS(C)(=O)=O)cc1. The van der Waals surface area contributed by atoms with Crippen molar-refractivity contribution in [2.24, 2.45) is 0 Å². The standard InChI is InChI=1S/C11H16O3S.C2H6O/c1-9-4-6-11(7-5-9)8-10(2)14-15(3,12)13;1-2-3/h4-7,10H,8H2,1-3H3;3H,2H2,1H3. The van der Waals surface area contributed by atoms with Gasteiger partial charge >= 0.3 is 0 Å². The Morgan fingerprint density at radius 2 is 1.72 bits per heavy atom. The van der Waals surface area contributed by atoms with Crippen molar-refractivity contribution in [1.29, 1.82) is 0 Å². The minimum atomic E-state index is -3.35. The second-order valence-corrected chi connectivity index (χ2v) is 5.72.